The van der Waals surface area contributed by atoms with Gasteiger partial charge in [-0.3, -0.25) is 24.0 Å². The second-order valence-corrected chi connectivity index (χ2v) is 8.92. The van der Waals surface area contributed by atoms with E-state index in [0.29, 0.717) is 17.8 Å². The third kappa shape index (κ3) is 3.59. The smallest absolute Gasteiger partial charge is 0.330 e. The molecule has 2 fully saturated rings. The van der Waals surface area contributed by atoms with E-state index in [0.717, 1.165) is 25.9 Å². The highest BCUT2D eigenvalue weighted by molar-refractivity contribution is 7.10. The van der Waals surface area contributed by atoms with Gasteiger partial charge in [0.2, 0.25) is 0 Å². The molecule has 1 atom stereocenters. The molecule has 0 spiro atoms. The molecule has 2 N–H and O–H groups in total. The third-order valence-corrected chi connectivity index (χ3v) is 6.84. The zero-order chi connectivity index (χ0) is 20.7. The highest BCUT2D eigenvalue weighted by Crippen LogP contribution is 2.34. The van der Waals surface area contributed by atoms with Crippen LogP contribution in [0.25, 0.3) is 11.0 Å². The van der Waals surface area contributed by atoms with E-state index in [-0.39, 0.29) is 23.4 Å². The monoisotopic (exact) mass is 425 g/mol. The van der Waals surface area contributed by atoms with Gasteiger partial charge >= 0.3 is 5.69 Å². The Morgan fingerprint density at radius 2 is 2.10 bits per heavy atom. The van der Waals surface area contributed by atoms with Gasteiger partial charge in [-0.1, -0.05) is 6.07 Å². The normalized spacial score (nSPS) is 18.0. The van der Waals surface area contributed by atoms with Crippen LogP contribution in [0.15, 0.2) is 39.4 Å². The maximum Gasteiger partial charge on any atom is 0.330 e. The number of H-pyrrole nitrogens is 1. The van der Waals surface area contributed by atoms with Gasteiger partial charge in [0.05, 0.1) is 17.0 Å². The number of aromatic amines is 1. The fraction of sp³-hybridized carbons (Fsp3) is 0.429. The molecule has 1 saturated carbocycles. The molecular formula is C21H23N5O3S. The van der Waals surface area contributed by atoms with Gasteiger partial charge in [0.25, 0.3) is 11.5 Å². The number of rotatable bonds is 6. The molecule has 2 aliphatic rings. The lowest BCUT2D eigenvalue weighted by molar-refractivity contribution is 0.0938. The molecule has 3 aromatic heterocycles. The second kappa shape index (κ2) is 7.81. The number of fused-ring (bicyclic) bond motifs is 1. The summed E-state index contributed by atoms with van der Waals surface area (Å²) in [4.78, 5) is 47.6. The molecule has 5 rings (SSSR count). The minimum Gasteiger partial charge on any atom is -0.350 e. The SMILES string of the molecule is O=C(NCC(c1cccs1)N1CCCC1)c1cnc2c(c1)c(=O)[nH]c(=O)n2C1CC1. The molecule has 156 valence electrons. The number of pyridine rings is 1. The molecule has 0 aromatic carbocycles. The van der Waals surface area contributed by atoms with Crippen molar-refractivity contribution in [2.75, 3.05) is 19.6 Å². The van der Waals surface area contributed by atoms with E-state index in [1.165, 1.54) is 34.5 Å². The zero-order valence-corrected chi connectivity index (χ0v) is 17.3. The molecular weight excluding hydrogens is 402 g/mol. The van der Waals surface area contributed by atoms with Crippen molar-refractivity contribution in [1.82, 2.24) is 24.8 Å². The topological polar surface area (TPSA) is 100 Å². The van der Waals surface area contributed by atoms with Crippen molar-refractivity contribution in [3.8, 4) is 0 Å². The van der Waals surface area contributed by atoms with E-state index in [1.54, 1.807) is 11.3 Å². The number of thiophene rings is 1. The van der Waals surface area contributed by atoms with Crippen LogP contribution in [0.5, 0.6) is 0 Å². The Morgan fingerprint density at radius 3 is 2.80 bits per heavy atom. The first-order valence-electron chi connectivity index (χ1n) is 10.3. The first-order valence-corrected chi connectivity index (χ1v) is 11.2. The molecule has 1 saturated heterocycles. The summed E-state index contributed by atoms with van der Waals surface area (Å²) in [6.07, 6.45) is 5.59. The summed E-state index contributed by atoms with van der Waals surface area (Å²) in [6.45, 7) is 2.56. The Bertz CT molecular complexity index is 1190. The molecule has 0 bridgehead atoms. The number of hydrogen-bond donors (Lipinski definition) is 2. The van der Waals surface area contributed by atoms with E-state index < -0.39 is 11.2 Å². The van der Waals surface area contributed by atoms with E-state index in [1.807, 2.05) is 6.07 Å². The Morgan fingerprint density at radius 1 is 1.30 bits per heavy atom. The zero-order valence-electron chi connectivity index (χ0n) is 16.5. The Hall–Kier alpha value is -2.78. The van der Waals surface area contributed by atoms with Crippen LogP contribution in [0.4, 0.5) is 0 Å². The van der Waals surface area contributed by atoms with Gasteiger partial charge in [-0.2, -0.15) is 0 Å². The summed E-state index contributed by atoms with van der Waals surface area (Å²) in [6, 6.07) is 5.90. The first-order chi connectivity index (χ1) is 14.6. The lowest BCUT2D eigenvalue weighted by Crippen LogP contribution is -2.36. The van der Waals surface area contributed by atoms with Crippen molar-refractivity contribution in [2.24, 2.45) is 0 Å². The molecule has 1 unspecified atom stereocenters. The number of hydrogen-bond acceptors (Lipinski definition) is 6. The third-order valence-electron chi connectivity index (χ3n) is 5.86. The van der Waals surface area contributed by atoms with E-state index in [4.69, 9.17) is 0 Å². The Labute approximate surface area is 176 Å². The van der Waals surface area contributed by atoms with Crippen LogP contribution in [0.3, 0.4) is 0 Å². The quantitative estimate of drug-likeness (QED) is 0.630. The number of carbonyl (C=O) groups excluding carboxylic acids is 1. The summed E-state index contributed by atoms with van der Waals surface area (Å²) < 4.78 is 1.53. The summed E-state index contributed by atoms with van der Waals surface area (Å²) >= 11 is 1.70. The number of carbonyl (C=O) groups is 1. The summed E-state index contributed by atoms with van der Waals surface area (Å²) in [5, 5.41) is 5.34. The minimum absolute atomic E-state index is 0.0797. The number of nitrogens with zero attached hydrogens (tertiary/aromatic N) is 3. The molecule has 3 aromatic rings. The van der Waals surface area contributed by atoms with E-state index >= 15 is 0 Å². The lowest BCUT2D eigenvalue weighted by atomic mass is 10.2. The fourth-order valence-corrected chi connectivity index (χ4v) is 5.03. The second-order valence-electron chi connectivity index (χ2n) is 7.94. The molecule has 9 heteroatoms. The van der Waals surface area contributed by atoms with Gasteiger partial charge in [0.1, 0.15) is 5.65 Å². The number of likely N-dealkylation sites (tertiary alicyclic amines) is 1. The van der Waals surface area contributed by atoms with Crippen LogP contribution in [0.2, 0.25) is 0 Å². The van der Waals surface area contributed by atoms with Gasteiger partial charge in [-0.05, 0) is 56.3 Å². The predicted molar refractivity (Wildman–Crippen MR) is 115 cm³/mol. The van der Waals surface area contributed by atoms with Crippen LogP contribution in [0.1, 0.15) is 53.0 Å². The Balaban J connectivity index is 1.39. The minimum atomic E-state index is -0.512. The molecule has 4 heterocycles. The number of aromatic nitrogens is 3. The molecule has 1 aliphatic carbocycles. The van der Waals surface area contributed by atoms with Crippen LogP contribution in [0, 0.1) is 0 Å². The summed E-state index contributed by atoms with van der Waals surface area (Å²) in [5.74, 6) is -0.270. The highest BCUT2D eigenvalue weighted by atomic mass is 32.1. The number of nitrogens with one attached hydrogen (secondary N) is 2. The summed E-state index contributed by atoms with van der Waals surface area (Å²) in [7, 11) is 0. The fourth-order valence-electron chi connectivity index (χ4n) is 4.17. The van der Waals surface area contributed by atoms with Crippen molar-refractivity contribution < 1.29 is 4.79 Å². The van der Waals surface area contributed by atoms with Gasteiger partial charge in [0.15, 0.2) is 0 Å². The lowest BCUT2D eigenvalue weighted by Gasteiger charge is -2.26. The van der Waals surface area contributed by atoms with Gasteiger partial charge in [-0.25, -0.2) is 9.78 Å². The molecule has 1 aliphatic heterocycles. The predicted octanol–water partition coefficient (Wildman–Crippen LogP) is 2.05. The van der Waals surface area contributed by atoms with Gasteiger partial charge < -0.3 is 5.32 Å². The van der Waals surface area contributed by atoms with Crippen LogP contribution in [-0.2, 0) is 0 Å². The summed E-state index contributed by atoms with van der Waals surface area (Å²) in [5.41, 5.74) is -0.289. The van der Waals surface area contributed by atoms with Crippen LogP contribution in [-0.4, -0.2) is 45.0 Å². The largest absolute Gasteiger partial charge is 0.350 e. The van der Waals surface area contributed by atoms with Crippen molar-refractivity contribution >= 4 is 28.3 Å². The molecule has 8 nitrogen and oxygen atoms in total. The van der Waals surface area contributed by atoms with E-state index in [9.17, 15) is 14.4 Å². The average molecular weight is 426 g/mol. The van der Waals surface area contributed by atoms with Crippen molar-refractivity contribution in [3.05, 3.63) is 61.1 Å². The van der Waals surface area contributed by atoms with Crippen molar-refractivity contribution in [3.63, 3.8) is 0 Å². The van der Waals surface area contributed by atoms with E-state index in [2.05, 4.69) is 31.6 Å². The van der Waals surface area contributed by atoms with Gasteiger partial charge in [0, 0.05) is 23.7 Å². The molecule has 1 amide bonds. The van der Waals surface area contributed by atoms with Crippen LogP contribution < -0.4 is 16.6 Å². The van der Waals surface area contributed by atoms with Gasteiger partial charge in [-0.15, -0.1) is 11.3 Å². The maximum absolute atomic E-state index is 12.8. The number of amides is 1. The van der Waals surface area contributed by atoms with Crippen molar-refractivity contribution in [1.29, 1.82) is 0 Å². The molecule has 30 heavy (non-hydrogen) atoms. The van der Waals surface area contributed by atoms with Crippen LogP contribution >= 0.6 is 11.3 Å². The average Bonchev–Trinajstić information content (AvgIpc) is 3.19. The highest BCUT2D eigenvalue weighted by Gasteiger charge is 2.28. The Kier molecular flexibility index (Phi) is 5.00. The standard InChI is InChI=1S/C21H23N5O3S/c27-19(23-12-16(17-4-3-9-30-17)25-7-1-2-8-25)13-10-15-18(22-11-13)26(14-5-6-14)21(29)24-20(15)28/h3-4,9-11,14,16H,1-2,5-8,12H2,(H,23,27)(H,24,28,29). The van der Waals surface area contributed by atoms with Crippen molar-refractivity contribution in [2.45, 2.75) is 37.8 Å². The molecule has 0 radical (unpaired) electrons. The first kappa shape index (κ1) is 19.2. The maximum atomic E-state index is 12.8.